The summed E-state index contributed by atoms with van der Waals surface area (Å²) in [5.41, 5.74) is -0.385. The molecule has 55 heavy (non-hydrogen) atoms. The van der Waals surface area contributed by atoms with Crippen molar-refractivity contribution >= 4 is 55.9 Å². The third-order valence-corrected chi connectivity index (χ3v) is 12.5. The van der Waals surface area contributed by atoms with Crippen LogP contribution in [0.1, 0.15) is 64.7 Å². The number of pyridine rings is 1. The number of amides is 4. The van der Waals surface area contributed by atoms with E-state index in [1.165, 1.54) is 30.0 Å². The quantitative estimate of drug-likeness (QED) is 0.232. The Balaban J connectivity index is 1.15. The van der Waals surface area contributed by atoms with Gasteiger partial charge in [0.2, 0.25) is 39.0 Å². The number of aromatic nitrogens is 3. The van der Waals surface area contributed by atoms with E-state index in [9.17, 15) is 32.0 Å². The summed E-state index contributed by atoms with van der Waals surface area (Å²) in [6.07, 6.45) is 8.70. The van der Waals surface area contributed by atoms with Gasteiger partial charge in [-0.05, 0) is 62.8 Å². The molecule has 288 valence electrons. The molecule has 4 aliphatic rings. The van der Waals surface area contributed by atoms with E-state index in [-0.39, 0.29) is 42.4 Å². The van der Waals surface area contributed by atoms with Crippen LogP contribution in [-0.4, -0.2) is 87.4 Å². The Morgan fingerprint density at radius 3 is 2.71 bits per heavy atom. The number of hydrogen-bond acceptors (Lipinski definition) is 11. The smallest absolute Gasteiger partial charge is 0.262 e. The van der Waals surface area contributed by atoms with Gasteiger partial charge >= 0.3 is 0 Å². The van der Waals surface area contributed by atoms with Crippen molar-refractivity contribution in [2.75, 3.05) is 6.54 Å². The van der Waals surface area contributed by atoms with Crippen molar-refractivity contribution in [3.05, 3.63) is 60.6 Å². The number of hydrogen-bond donors (Lipinski definition) is 3. The van der Waals surface area contributed by atoms with Gasteiger partial charge in [-0.3, -0.25) is 23.9 Å². The first-order valence-electron chi connectivity index (χ1n) is 18.5. The molecule has 2 saturated carbocycles. The molecule has 0 bridgehead atoms. The molecule has 5 atom stereocenters. The number of nitrogens with zero attached hydrogens (tertiary/aromatic N) is 4. The maximum atomic E-state index is 14.4. The lowest BCUT2D eigenvalue weighted by atomic mass is 10.0. The van der Waals surface area contributed by atoms with E-state index in [1.54, 1.807) is 24.4 Å². The Bertz CT molecular complexity index is 2350. The van der Waals surface area contributed by atoms with Crippen LogP contribution in [0.3, 0.4) is 0 Å². The van der Waals surface area contributed by atoms with Crippen LogP contribution >= 0.6 is 0 Å². The Hall–Kier alpha value is -5.45. The molecule has 3 fully saturated rings. The van der Waals surface area contributed by atoms with Gasteiger partial charge in [0.1, 0.15) is 35.1 Å². The van der Waals surface area contributed by atoms with E-state index in [0.717, 1.165) is 12.8 Å². The summed E-state index contributed by atoms with van der Waals surface area (Å²) in [4.78, 5) is 69.6. The summed E-state index contributed by atoms with van der Waals surface area (Å²) in [6, 6.07) is 7.13. The van der Waals surface area contributed by atoms with Gasteiger partial charge in [-0.25, -0.2) is 22.8 Å². The number of allylic oxidation sites excluding steroid dienone is 1. The SMILES string of the molecule is CC(=O)N[C@H]1CCCCC/C=C\[C@H]2C[C@@]2(C(=O)NS(=O)(=O)C2CC2)NC(=O)[C@@H]2C[C@@H](Oc3nc(-c4cccc(F)c4)nc4c3oc3ncccc34)CN2C1=O. The largest absolute Gasteiger partial charge is 0.470 e. The van der Waals surface area contributed by atoms with Crippen LogP contribution in [0.5, 0.6) is 5.88 Å². The summed E-state index contributed by atoms with van der Waals surface area (Å²) < 4.78 is 54.7. The Morgan fingerprint density at radius 1 is 1.09 bits per heavy atom. The minimum Gasteiger partial charge on any atom is -0.470 e. The van der Waals surface area contributed by atoms with E-state index in [4.69, 9.17) is 9.15 Å². The van der Waals surface area contributed by atoms with Crippen LogP contribution in [0.4, 0.5) is 4.39 Å². The number of fused-ring (bicyclic) bond motifs is 5. The summed E-state index contributed by atoms with van der Waals surface area (Å²) in [6.45, 7) is 1.21. The molecule has 2 aliphatic heterocycles. The highest BCUT2D eigenvalue weighted by molar-refractivity contribution is 7.91. The zero-order chi connectivity index (χ0) is 38.5. The predicted octanol–water partition coefficient (Wildman–Crippen LogP) is 3.43. The van der Waals surface area contributed by atoms with Gasteiger partial charge in [-0.15, -0.1) is 0 Å². The van der Waals surface area contributed by atoms with Gasteiger partial charge in [0, 0.05) is 31.0 Å². The molecule has 17 heteroatoms. The molecule has 3 N–H and O–H groups in total. The number of benzene rings is 1. The number of halogens is 1. The first-order valence-corrected chi connectivity index (χ1v) is 20.1. The van der Waals surface area contributed by atoms with Gasteiger partial charge in [-0.2, -0.15) is 4.98 Å². The van der Waals surface area contributed by atoms with Crippen molar-refractivity contribution in [1.29, 1.82) is 0 Å². The van der Waals surface area contributed by atoms with Gasteiger partial charge in [0.15, 0.2) is 5.82 Å². The molecule has 0 unspecified atom stereocenters. The average molecular weight is 774 g/mol. The Labute approximate surface area is 315 Å². The first kappa shape index (κ1) is 36.5. The van der Waals surface area contributed by atoms with Crippen LogP contribution in [0.2, 0.25) is 0 Å². The van der Waals surface area contributed by atoms with Crippen molar-refractivity contribution < 1.29 is 41.1 Å². The highest BCUT2D eigenvalue weighted by atomic mass is 32.2. The monoisotopic (exact) mass is 773 g/mol. The number of ether oxygens (including phenoxy) is 1. The Kier molecular flexibility index (Phi) is 9.51. The number of furan rings is 1. The van der Waals surface area contributed by atoms with E-state index >= 15 is 0 Å². The summed E-state index contributed by atoms with van der Waals surface area (Å²) in [5.74, 6) is -3.24. The highest BCUT2D eigenvalue weighted by Gasteiger charge is 2.62. The van der Waals surface area contributed by atoms with Crippen molar-refractivity contribution in [3.63, 3.8) is 0 Å². The van der Waals surface area contributed by atoms with Gasteiger partial charge in [0.25, 0.3) is 11.8 Å². The molecule has 0 spiro atoms. The number of carbonyl (C=O) groups excluding carboxylic acids is 4. The van der Waals surface area contributed by atoms with Crippen molar-refractivity contribution in [2.24, 2.45) is 5.92 Å². The van der Waals surface area contributed by atoms with E-state index in [0.29, 0.717) is 48.6 Å². The zero-order valence-corrected chi connectivity index (χ0v) is 30.8. The minimum absolute atomic E-state index is 0.0187. The van der Waals surface area contributed by atoms with Gasteiger partial charge in [0.05, 0.1) is 17.2 Å². The van der Waals surface area contributed by atoms with Crippen LogP contribution in [0.25, 0.3) is 33.6 Å². The molecule has 4 amide bonds. The molecule has 1 saturated heterocycles. The molecule has 15 nitrogen and oxygen atoms in total. The lowest BCUT2D eigenvalue weighted by Crippen LogP contribution is -2.58. The average Bonchev–Trinajstić information content (AvgIpc) is 4.05. The molecule has 4 aromatic rings. The fourth-order valence-corrected chi connectivity index (χ4v) is 8.90. The van der Waals surface area contributed by atoms with E-state index < -0.39 is 74.4 Å². The van der Waals surface area contributed by atoms with Crippen molar-refractivity contribution in [1.82, 2.24) is 35.2 Å². The third kappa shape index (κ3) is 7.36. The second-order valence-electron chi connectivity index (χ2n) is 14.7. The van der Waals surface area contributed by atoms with Gasteiger partial charge < -0.3 is 24.7 Å². The number of carbonyl (C=O) groups is 4. The maximum absolute atomic E-state index is 14.4. The molecular weight excluding hydrogens is 734 g/mol. The van der Waals surface area contributed by atoms with Crippen molar-refractivity contribution in [2.45, 2.75) is 93.7 Å². The molecule has 0 radical (unpaired) electrons. The number of nitrogens with one attached hydrogen (secondary N) is 3. The third-order valence-electron chi connectivity index (χ3n) is 10.6. The first-order chi connectivity index (χ1) is 26.4. The van der Waals surface area contributed by atoms with E-state index in [2.05, 4.69) is 30.3 Å². The summed E-state index contributed by atoms with van der Waals surface area (Å²) in [5, 5.41) is 5.51. The number of sulfonamides is 1. The van der Waals surface area contributed by atoms with Crippen LogP contribution in [0.15, 0.2) is 59.2 Å². The molecule has 3 aromatic heterocycles. The van der Waals surface area contributed by atoms with Crippen LogP contribution < -0.4 is 20.1 Å². The van der Waals surface area contributed by atoms with Crippen LogP contribution in [-0.2, 0) is 29.2 Å². The molecule has 1 aromatic carbocycles. The minimum atomic E-state index is -3.92. The zero-order valence-electron chi connectivity index (χ0n) is 30.0. The second-order valence-corrected chi connectivity index (χ2v) is 16.7. The highest BCUT2D eigenvalue weighted by Crippen LogP contribution is 2.46. The maximum Gasteiger partial charge on any atom is 0.262 e. The number of rotatable bonds is 7. The topological polar surface area (TPSA) is 203 Å². The van der Waals surface area contributed by atoms with Gasteiger partial charge in [-0.1, -0.05) is 37.1 Å². The van der Waals surface area contributed by atoms with E-state index in [1.807, 2.05) is 12.2 Å². The predicted molar refractivity (Wildman–Crippen MR) is 196 cm³/mol. The van der Waals surface area contributed by atoms with Crippen molar-refractivity contribution in [3.8, 4) is 17.3 Å². The standard InChI is InChI=1S/C38H40FN7O8S/c1-21(47)41-28-13-6-4-2-3-5-10-23-19-38(23,37(50)45-55(51,52)26-14-15-26)44-33(48)29-18-25(20-46(29)36(28)49)53-35-31-30(27-12-8-16-40-34(27)54-31)42-32(43-35)22-9-7-11-24(39)17-22/h5,7-12,16-17,23,25-26,28-29H,2-4,6,13-15,18-20H2,1H3,(H,41,47)(H,44,48)(H,45,50)/b10-5-/t23-,25+,28-,29-,38+/m0/s1. The second kappa shape index (κ2) is 14.3. The normalized spacial score (nSPS) is 26.6. The summed E-state index contributed by atoms with van der Waals surface area (Å²) in [7, 11) is -3.92. The van der Waals surface area contributed by atoms with Crippen LogP contribution in [0, 0.1) is 11.7 Å². The molecule has 2 aliphatic carbocycles. The molecule has 5 heterocycles. The fraction of sp³-hybridized carbons (Fsp3) is 0.447. The molecule has 8 rings (SSSR count). The lowest BCUT2D eigenvalue weighted by Gasteiger charge is -2.29. The summed E-state index contributed by atoms with van der Waals surface area (Å²) >= 11 is 0. The Morgan fingerprint density at radius 2 is 1.93 bits per heavy atom. The molecular formula is C38H40FN7O8S. The fourth-order valence-electron chi connectivity index (χ4n) is 7.54. The lowest BCUT2D eigenvalue weighted by molar-refractivity contribution is -0.142.